The van der Waals surface area contributed by atoms with Crippen molar-refractivity contribution in [2.45, 2.75) is 19.8 Å². The van der Waals surface area contributed by atoms with E-state index in [2.05, 4.69) is 12.1 Å². The molecule has 0 unspecified atom stereocenters. The molecular formula is C25H24N2O2. The van der Waals surface area contributed by atoms with E-state index >= 15 is 0 Å². The number of nitrogens with two attached hydrogens (primary N) is 1. The maximum absolute atomic E-state index is 13.2. The molecule has 0 bridgehead atoms. The minimum Gasteiger partial charge on any atom is -0.449 e. The highest BCUT2D eigenvalue weighted by atomic mass is 16.5. The largest absolute Gasteiger partial charge is 0.449 e. The Hall–Kier alpha value is -3.53. The Morgan fingerprint density at radius 3 is 2.62 bits per heavy atom. The maximum atomic E-state index is 13.2. The molecule has 0 saturated carbocycles. The summed E-state index contributed by atoms with van der Waals surface area (Å²) in [6, 6.07) is 23.7. The Kier molecular flexibility index (Phi) is 5.34. The van der Waals surface area contributed by atoms with Crippen LogP contribution in [0.1, 0.15) is 23.1 Å². The summed E-state index contributed by atoms with van der Waals surface area (Å²) in [7, 11) is 0. The second-order valence-electron chi connectivity index (χ2n) is 7.30. The van der Waals surface area contributed by atoms with Gasteiger partial charge in [0.25, 0.3) is 5.91 Å². The lowest BCUT2D eigenvalue weighted by Crippen LogP contribution is -2.38. The van der Waals surface area contributed by atoms with Gasteiger partial charge in [-0.3, -0.25) is 4.79 Å². The highest BCUT2D eigenvalue weighted by Gasteiger charge is 2.30. The number of benzene rings is 3. The Balaban J connectivity index is 1.61. The summed E-state index contributed by atoms with van der Waals surface area (Å²) < 4.78 is 5.95. The third-order valence-electron chi connectivity index (χ3n) is 4.98. The highest BCUT2D eigenvalue weighted by molar-refractivity contribution is 6.10. The van der Waals surface area contributed by atoms with E-state index in [-0.39, 0.29) is 5.91 Å². The van der Waals surface area contributed by atoms with Gasteiger partial charge in [0, 0.05) is 18.3 Å². The van der Waals surface area contributed by atoms with Gasteiger partial charge in [0.1, 0.15) is 0 Å². The van der Waals surface area contributed by atoms with E-state index in [0.717, 1.165) is 29.7 Å². The van der Waals surface area contributed by atoms with Crippen molar-refractivity contribution in [1.29, 1.82) is 0 Å². The molecular weight excluding hydrogens is 360 g/mol. The van der Waals surface area contributed by atoms with Crippen molar-refractivity contribution in [3.05, 3.63) is 95.2 Å². The molecule has 0 saturated heterocycles. The first-order valence-electron chi connectivity index (χ1n) is 9.82. The van der Waals surface area contributed by atoms with E-state index in [0.29, 0.717) is 23.7 Å². The molecule has 0 aliphatic carbocycles. The minimum atomic E-state index is -0.128. The quantitative estimate of drug-likeness (QED) is 0.499. The smallest absolute Gasteiger partial charge is 0.294 e. The second-order valence-corrected chi connectivity index (χ2v) is 7.30. The normalized spacial score (nSPS) is 14.6. The third-order valence-corrected chi connectivity index (χ3v) is 4.98. The predicted molar refractivity (Wildman–Crippen MR) is 118 cm³/mol. The van der Waals surface area contributed by atoms with Gasteiger partial charge in [0.2, 0.25) is 0 Å². The van der Waals surface area contributed by atoms with Crippen molar-refractivity contribution in [2.75, 3.05) is 17.2 Å². The van der Waals surface area contributed by atoms with Gasteiger partial charge < -0.3 is 15.4 Å². The zero-order chi connectivity index (χ0) is 20.2. The van der Waals surface area contributed by atoms with Crippen molar-refractivity contribution in [3.8, 4) is 5.75 Å². The highest BCUT2D eigenvalue weighted by Crippen LogP contribution is 2.37. The Bertz CT molecular complexity index is 1060. The van der Waals surface area contributed by atoms with Crippen molar-refractivity contribution in [2.24, 2.45) is 0 Å². The summed E-state index contributed by atoms with van der Waals surface area (Å²) in [4.78, 5) is 15.0. The fourth-order valence-electron chi connectivity index (χ4n) is 3.55. The number of rotatable bonds is 5. The third kappa shape index (κ3) is 4.32. The average molecular weight is 384 g/mol. The maximum Gasteiger partial charge on any atom is 0.294 e. The molecule has 29 heavy (non-hydrogen) atoms. The van der Waals surface area contributed by atoms with Gasteiger partial charge >= 0.3 is 0 Å². The average Bonchev–Trinajstić information content (AvgIpc) is 2.71. The standard InChI is InChI=1S/C25H24N2O2/c1-18-7-5-10-20(15-18)16-24-25(28)27(14-6-11-19-8-3-2-4-9-19)22-13-12-21(26)17-23(22)29-24/h2-5,7-10,12-13,15-17H,6,11,14,26H2,1H3/b24-16+. The van der Waals surface area contributed by atoms with Crippen LogP contribution in [0, 0.1) is 6.92 Å². The second kappa shape index (κ2) is 8.23. The predicted octanol–water partition coefficient (Wildman–Crippen LogP) is 4.98. The van der Waals surface area contributed by atoms with Crippen LogP contribution in [0.15, 0.2) is 78.6 Å². The van der Waals surface area contributed by atoms with E-state index in [9.17, 15) is 4.79 Å². The topological polar surface area (TPSA) is 55.6 Å². The van der Waals surface area contributed by atoms with Crippen LogP contribution < -0.4 is 15.4 Å². The molecule has 0 radical (unpaired) electrons. The summed E-state index contributed by atoms with van der Waals surface area (Å²) in [6.45, 7) is 2.64. The number of amides is 1. The Morgan fingerprint density at radius 1 is 1.00 bits per heavy atom. The molecule has 4 nitrogen and oxygen atoms in total. The summed E-state index contributed by atoms with van der Waals surface area (Å²) >= 11 is 0. The van der Waals surface area contributed by atoms with E-state index < -0.39 is 0 Å². The van der Waals surface area contributed by atoms with Gasteiger partial charge in [-0.15, -0.1) is 0 Å². The van der Waals surface area contributed by atoms with E-state index in [4.69, 9.17) is 10.5 Å². The molecule has 0 aromatic heterocycles. The fraction of sp³-hybridized carbons (Fsp3) is 0.160. The van der Waals surface area contributed by atoms with Crippen LogP contribution in [0.4, 0.5) is 11.4 Å². The number of hydrogen-bond acceptors (Lipinski definition) is 3. The van der Waals surface area contributed by atoms with E-state index in [1.54, 1.807) is 23.1 Å². The summed E-state index contributed by atoms with van der Waals surface area (Å²) in [5, 5.41) is 0. The number of nitrogen functional groups attached to an aromatic ring is 1. The lowest BCUT2D eigenvalue weighted by atomic mass is 10.1. The van der Waals surface area contributed by atoms with E-state index in [1.807, 2.05) is 55.5 Å². The van der Waals surface area contributed by atoms with Crippen LogP contribution in [-0.2, 0) is 11.2 Å². The first-order chi connectivity index (χ1) is 14.1. The molecule has 0 atom stereocenters. The molecule has 4 heteroatoms. The summed E-state index contributed by atoms with van der Waals surface area (Å²) in [6.07, 6.45) is 3.57. The van der Waals surface area contributed by atoms with Gasteiger partial charge in [0.15, 0.2) is 11.5 Å². The van der Waals surface area contributed by atoms with Crippen molar-refractivity contribution in [3.63, 3.8) is 0 Å². The Labute approximate surface area is 171 Å². The minimum absolute atomic E-state index is 0.128. The van der Waals surface area contributed by atoms with Crippen molar-refractivity contribution in [1.82, 2.24) is 0 Å². The number of anilines is 2. The fourth-order valence-corrected chi connectivity index (χ4v) is 3.55. The SMILES string of the molecule is Cc1cccc(/C=C2/Oc3cc(N)ccc3N(CCCc3ccccc3)C2=O)c1. The molecule has 1 amide bonds. The first kappa shape index (κ1) is 18.8. The van der Waals surface area contributed by atoms with E-state index in [1.165, 1.54) is 5.56 Å². The molecule has 1 heterocycles. The number of aryl methyl sites for hydroxylation is 2. The zero-order valence-corrected chi connectivity index (χ0v) is 16.5. The molecule has 146 valence electrons. The summed E-state index contributed by atoms with van der Waals surface area (Å²) in [5.74, 6) is 0.800. The lowest BCUT2D eigenvalue weighted by molar-refractivity contribution is -0.117. The molecule has 3 aromatic carbocycles. The van der Waals surface area contributed by atoms with Crippen LogP contribution in [-0.4, -0.2) is 12.5 Å². The van der Waals surface area contributed by atoms with Crippen LogP contribution >= 0.6 is 0 Å². The zero-order valence-electron chi connectivity index (χ0n) is 16.5. The van der Waals surface area contributed by atoms with Gasteiger partial charge in [0.05, 0.1) is 5.69 Å². The van der Waals surface area contributed by atoms with Crippen molar-refractivity contribution < 1.29 is 9.53 Å². The number of carbonyl (C=O) groups is 1. The summed E-state index contributed by atoms with van der Waals surface area (Å²) in [5.41, 5.74) is 10.7. The molecule has 3 aromatic rings. The molecule has 4 rings (SSSR count). The van der Waals surface area contributed by atoms with Gasteiger partial charge in [-0.1, -0.05) is 60.2 Å². The molecule has 1 aliphatic heterocycles. The lowest BCUT2D eigenvalue weighted by Gasteiger charge is -2.31. The number of nitrogens with zero attached hydrogens (tertiary/aromatic N) is 1. The first-order valence-corrected chi connectivity index (χ1v) is 9.82. The van der Waals surface area contributed by atoms with Crippen LogP contribution in [0.25, 0.3) is 6.08 Å². The van der Waals surface area contributed by atoms with Crippen LogP contribution in [0.5, 0.6) is 5.75 Å². The van der Waals surface area contributed by atoms with Gasteiger partial charge in [-0.2, -0.15) is 0 Å². The molecule has 0 spiro atoms. The Morgan fingerprint density at radius 2 is 1.83 bits per heavy atom. The molecule has 1 aliphatic rings. The number of fused-ring (bicyclic) bond motifs is 1. The van der Waals surface area contributed by atoms with Crippen LogP contribution in [0.3, 0.4) is 0 Å². The van der Waals surface area contributed by atoms with Crippen LogP contribution in [0.2, 0.25) is 0 Å². The number of carbonyl (C=O) groups excluding carboxylic acids is 1. The van der Waals surface area contributed by atoms with Gasteiger partial charge in [-0.05, 0) is 49.1 Å². The van der Waals surface area contributed by atoms with Gasteiger partial charge in [-0.25, -0.2) is 0 Å². The number of hydrogen-bond donors (Lipinski definition) is 1. The monoisotopic (exact) mass is 384 g/mol. The molecule has 0 fully saturated rings. The van der Waals surface area contributed by atoms with Crippen molar-refractivity contribution >= 4 is 23.4 Å². The molecule has 2 N–H and O–H groups in total. The number of ether oxygens (including phenoxy) is 1.